The van der Waals surface area contributed by atoms with E-state index in [1.54, 1.807) is 0 Å². The first kappa shape index (κ1) is 11.9. The van der Waals surface area contributed by atoms with Crippen molar-refractivity contribution in [1.29, 1.82) is 0 Å². The minimum Gasteiger partial charge on any atom is -0.381 e. The van der Waals surface area contributed by atoms with Crippen LogP contribution in [0, 0.1) is 5.92 Å². The number of likely N-dealkylation sites (tertiary alicyclic amines) is 1. The number of hydrogen-bond acceptors (Lipinski definition) is 3. The van der Waals surface area contributed by atoms with E-state index in [1.165, 1.54) is 0 Å². The van der Waals surface area contributed by atoms with Crippen molar-refractivity contribution in [2.24, 2.45) is 11.7 Å². The molecule has 0 aliphatic carbocycles. The van der Waals surface area contributed by atoms with E-state index in [0.29, 0.717) is 24.3 Å². The Hall–Kier alpha value is -0.610. The molecule has 2 aliphatic rings. The Bertz CT molecular complexity index is 231. The summed E-state index contributed by atoms with van der Waals surface area (Å²) in [5, 5.41) is 0. The van der Waals surface area contributed by atoms with Gasteiger partial charge in [0.2, 0.25) is 5.91 Å². The van der Waals surface area contributed by atoms with Crippen molar-refractivity contribution in [2.75, 3.05) is 26.3 Å². The summed E-state index contributed by atoms with van der Waals surface area (Å²) in [4.78, 5) is 14.0. The molecule has 0 saturated carbocycles. The Morgan fingerprint density at radius 3 is 2.44 bits per heavy atom. The predicted molar refractivity (Wildman–Crippen MR) is 61.9 cm³/mol. The Kier molecular flexibility index (Phi) is 4.18. The first-order chi connectivity index (χ1) is 7.75. The summed E-state index contributed by atoms with van der Waals surface area (Å²) in [5.41, 5.74) is 5.83. The SMILES string of the molecule is NC1CCN(C(=O)CC2CCOCC2)CC1. The summed E-state index contributed by atoms with van der Waals surface area (Å²) < 4.78 is 5.30. The molecular weight excluding hydrogens is 204 g/mol. The van der Waals surface area contributed by atoms with Crippen molar-refractivity contribution < 1.29 is 9.53 Å². The molecule has 92 valence electrons. The van der Waals surface area contributed by atoms with E-state index in [-0.39, 0.29) is 0 Å². The fourth-order valence-electron chi connectivity index (χ4n) is 2.48. The fraction of sp³-hybridized carbons (Fsp3) is 0.917. The van der Waals surface area contributed by atoms with Crippen LogP contribution in [-0.4, -0.2) is 43.2 Å². The minimum absolute atomic E-state index is 0.298. The number of rotatable bonds is 2. The van der Waals surface area contributed by atoms with Gasteiger partial charge in [-0.15, -0.1) is 0 Å². The normalized spacial score (nSPS) is 24.7. The Morgan fingerprint density at radius 1 is 1.19 bits per heavy atom. The lowest BCUT2D eigenvalue weighted by Gasteiger charge is -2.32. The van der Waals surface area contributed by atoms with Crippen LogP contribution in [-0.2, 0) is 9.53 Å². The number of nitrogens with zero attached hydrogens (tertiary/aromatic N) is 1. The highest BCUT2D eigenvalue weighted by Crippen LogP contribution is 2.20. The largest absolute Gasteiger partial charge is 0.381 e. The topological polar surface area (TPSA) is 55.6 Å². The monoisotopic (exact) mass is 226 g/mol. The van der Waals surface area contributed by atoms with Crippen LogP contribution >= 0.6 is 0 Å². The van der Waals surface area contributed by atoms with E-state index in [2.05, 4.69) is 0 Å². The molecule has 0 unspecified atom stereocenters. The van der Waals surface area contributed by atoms with E-state index < -0.39 is 0 Å². The second-order valence-corrected chi connectivity index (χ2v) is 4.98. The van der Waals surface area contributed by atoms with E-state index in [4.69, 9.17) is 10.5 Å². The average molecular weight is 226 g/mol. The van der Waals surface area contributed by atoms with Gasteiger partial charge in [-0.1, -0.05) is 0 Å². The summed E-state index contributed by atoms with van der Waals surface area (Å²) in [6.45, 7) is 3.35. The van der Waals surface area contributed by atoms with E-state index in [0.717, 1.165) is 52.0 Å². The van der Waals surface area contributed by atoms with Crippen molar-refractivity contribution in [1.82, 2.24) is 4.90 Å². The Morgan fingerprint density at radius 2 is 1.81 bits per heavy atom. The van der Waals surface area contributed by atoms with Crippen LogP contribution in [0.25, 0.3) is 0 Å². The highest BCUT2D eigenvalue weighted by atomic mass is 16.5. The number of carbonyl (C=O) groups excluding carboxylic acids is 1. The van der Waals surface area contributed by atoms with Gasteiger partial charge in [0.1, 0.15) is 0 Å². The number of carbonyl (C=O) groups is 1. The van der Waals surface area contributed by atoms with Gasteiger partial charge in [-0.25, -0.2) is 0 Å². The number of hydrogen-bond donors (Lipinski definition) is 1. The van der Waals surface area contributed by atoms with Crippen LogP contribution in [0.15, 0.2) is 0 Å². The molecule has 2 rings (SSSR count). The van der Waals surface area contributed by atoms with Gasteiger partial charge in [-0.05, 0) is 31.6 Å². The first-order valence-corrected chi connectivity index (χ1v) is 6.37. The molecule has 4 nitrogen and oxygen atoms in total. The smallest absolute Gasteiger partial charge is 0.222 e. The summed E-state index contributed by atoms with van der Waals surface area (Å²) in [6, 6.07) is 0.298. The highest BCUT2D eigenvalue weighted by Gasteiger charge is 2.24. The second-order valence-electron chi connectivity index (χ2n) is 4.98. The Labute approximate surface area is 97.1 Å². The van der Waals surface area contributed by atoms with Gasteiger partial charge in [0.15, 0.2) is 0 Å². The van der Waals surface area contributed by atoms with Crippen LogP contribution in [0.1, 0.15) is 32.1 Å². The molecule has 0 bridgehead atoms. The number of piperidine rings is 1. The molecule has 2 fully saturated rings. The maximum Gasteiger partial charge on any atom is 0.222 e. The lowest BCUT2D eigenvalue weighted by Crippen LogP contribution is -2.43. The molecule has 2 saturated heterocycles. The van der Waals surface area contributed by atoms with Gasteiger partial charge in [-0.3, -0.25) is 4.79 Å². The summed E-state index contributed by atoms with van der Waals surface area (Å²) >= 11 is 0. The molecule has 4 heteroatoms. The molecule has 2 N–H and O–H groups in total. The Balaban J connectivity index is 1.74. The zero-order valence-corrected chi connectivity index (χ0v) is 9.86. The molecule has 0 aromatic heterocycles. The van der Waals surface area contributed by atoms with Crippen LogP contribution in [0.5, 0.6) is 0 Å². The summed E-state index contributed by atoms with van der Waals surface area (Å²) in [6.07, 6.45) is 4.70. The van der Waals surface area contributed by atoms with Gasteiger partial charge in [0.25, 0.3) is 0 Å². The number of amides is 1. The third-order valence-corrected chi connectivity index (χ3v) is 3.70. The maximum absolute atomic E-state index is 12.0. The van der Waals surface area contributed by atoms with Crippen molar-refractivity contribution in [3.63, 3.8) is 0 Å². The van der Waals surface area contributed by atoms with E-state index in [1.807, 2.05) is 4.90 Å². The van der Waals surface area contributed by atoms with Crippen LogP contribution in [0.2, 0.25) is 0 Å². The van der Waals surface area contributed by atoms with Crippen LogP contribution in [0.3, 0.4) is 0 Å². The van der Waals surface area contributed by atoms with Gasteiger partial charge >= 0.3 is 0 Å². The molecular formula is C12H22N2O2. The maximum atomic E-state index is 12.0. The van der Waals surface area contributed by atoms with E-state index in [9.17, 15) is 4.79 Å². The zero-order valence-electron chi connectivity index (χ0n) is 9.86. The second kappa shape index (κ2) is 5.64. The third kappa shape index (κ3) is 3.19. The number of ether oxygens (including phenoxy) is 1. The van der Waals surface area contributed by atoms with Gasteiger partial charge < -0.3 is 15.4 Å². The van der Waals surface area contributed by atoms with Crippen molar-refractivity contribution in [3.05, 3.63) is 0 Å². The first-order valence-electron chi connectivity index (χ1n) is 6.37. The predicted octanol–water partition coefficient (Wildman–Crippen LogP) is 0.753. The molecule has 0 radical (unpaired) electrons. The minimum atomic E-state index is 0.298. The lowest BCUT2D eigenvalue weighted by atomic mass is 9.95. The molecule has 0 atom stereocenters. The summed E-state index contributed by atoms with van der Waals surface area (Å²) in [5.74, 6) is 0.857. The molecule has 2 heterocycles. The number of nitrogens with two attached hydrogens (primary N) is 1. The van der Waals surface area contributed by atoms with Gasteiger partial charge in [0.05, 0.1) is 0 Å². The quantitative estimate of drug-likeness (QED) is 0.756. The summed E-state index contributed by atoms with van der Waals surface area (Å²) in [7, 11) is 0. The van der Waals surface area contributed by atoms with Gasteiger partial charge in [-0.2, -0.15) is 0 Å². The standard InChI is InChI=1S/C12H22N2O2/c13-11-1-5-14(6-2-11)12(15)9-10-3-7-16-8-4-10/h10-11H,1-9,13H2. The molecule has 1 amide bonds. The van der Waals surface area contributed by atoms with Crippen molar-refractivity contribution in [3.8, 4) is 0 Å². The fourth-order valence-corrected chi connectivity index (χ4v) is 2.48. The lowest BCUT2D eigenvalue weighted by molar-refractivity contribution is -0.133. The zero-order chi connectivity index (χ0) is 11.4. The molecule has 16 heavy (non-hydrogen) atoms. The van der Waals surface area contributed by atoms with Gasteiger partial charge in [0, 0.05) is 38.8 Å². The van der Waals surface area contributed by atoms with Crippen molar-refractivity contribution >= 4 is 5.91 Å². The van der Waals surface area contributed by atoms with Crippen molar-refractivity contribution in [2.45, 2.75) is 38.1 Å². The molecule has 2 aliphatic heterocycles. The highest BCUT2D eigenvalue weighted by molar-refractivity contribution is 5.76. The molecule has 0 spiro atoms. The van der Waals surface area contributed by atoms with Crippen LogP contribution < -0.4 is 5.73 Å². The average Bonchev–Trinajstić information content (AvgIpc) is 2.31. The van der Waals surface area contributed by atoms with Crippen LogP contribution in [0.4, 0.5) is 0 Å². The molecule has 0 aromatic rings. The third-order valence-electron chi connectivity index (χ3n) is 3.70. The molecule has 0 aromatic carbocycles. The van der Waals surface area contributed by atoms with E-state index >= 15 is 0 Å².